The van der Waals surface area contributed by atoms with Gasteiger partial charge in [0.25, 0.3) is 0 Å². The van der Waals surface area contributed by atoms with Crippen LogP contribution >= 0.6 is 11.6 Å². The fraction of sp³-hybridized carbons (Fsp3) is 0.167. The SMILES string of the molecule is COc1ccc(C)cc1Nc1nc(Cl)ncc1N. The van der Waals surface area contributed by atoms with Crippen LogP contribution < -0.4 is 15.8 Å². The minimum atomic E-state index is 0.137. The third-order valence-corrected chi connectivity index (χ3v) is 2.58. The number of rotatable bonds is 3. The van der Waals surface area contributed by atoms with Crippen LogP contribution in [0.1, 0.15) is 5.56 Å². The zero-order valence-electron chi connectivity index (χ0n) is 10.1. The van der Waals surface area contributed by atoms with Gasteiger partial charge in [-0.15, -0.1) is 0 Å². The molecule has 1 aromatic heterocycles. The predicted molar refractivity (Wildman–Crippen MR) is 72.5 cm³/mol. The molecule has 0 spiro atoms. The Morgan fingerprint density at radius 1 is 1.39 bits per heavy atom. The van der Waals surface area contributed by atoms with Gasteiger partial charge in [0.1, 0.15) is 5.75 Å². The van der Waals surface area contributed by atoms with Crippen molar-refractivity contribution >= 4 is 28.8 Å². The summed E-state index contributed by atoms with van der Waals surface area (Å²) in [4.78, 5) is 7.83. The maximum atomic E-state index is 5.78. The number of aromatic nitrogens is 2. The van der Waals surface area contributed by atoms with Crippen molar-refractivity contribution in [2.45, 2.75) is 6.92 Å². The second kappa shape index (κ2) is 5.10. The topological polar surface area (TPSA) is 73.1 Å². The van der Waals surface area contributed by atoms with Crippen molar-refractivity contribution in [3.63, 3.8) is 0 Å². The second-order valence-electron chi connectivity index (χ2n) is 3.77. The maximum Gasteiger partial charge on any atom is 0.224 e. The Bertz CT molecular complexity index is 574. The summed E-state index contributed by atoms with van der Waals surface area (Å²) in [5.41, 5.74) is 8.07. The van der Waals surface area contributed by atoms with Crippen LogP contribution in [-0.4, -0.2) is 17.1 Å². The van der Waals surface area contributed by atoms with Crippen LogP contribution in [0, 0.1) is 6.92 Å². The van der Waals surface area contributed by atoms with Crippen molar-refractivity contribution in [3.8, 4) is 5.75 Å². The number of hydrogen-bond donors (Lipinski definition) is 2. The molecule has 3 N–H and O–H groups in total. The molecule has 2 aromatic rings. The Kier molecular flexibility index (Phi) is 3.53. The molecule has 18 heavy (non-hydrogen) atoms. The number of anilines is 3. The molecule has 0 saturated carbocycles. The van der Waals surface area contributed by atoms with Crippen LogP contribution in [0.3, 0.4) is 0 Å². The first-order valence-electron chi connectivity index (χ1n) is 5.30. The van der Waals surface area contributed by atoms with Gasteiger partial charge in [-0.1, -0.05) is 6.07 Å². The molecule has 0 bridgehead atoms. The summed E-state index contributed by atoms with van der Waals surface area (Å²) in [7, 11) is 1.60. The summed E-state index contributed by atoms with van der Waals surface area (Å²) in [6, 6.07) is 5.77. The molecule has 0 aliphatic carbocycles. The van der Waals surface area contributed by atoms with E-state index in [0.717, 1.165) is 11.3 Å². The highest BCUT2D eigenvalue weighted by molar-refractivity contribution is 6.28. The molecule has 0 unspecified atom stereocenters. The van der Waals surface area contributed by atoms with E-state index >= 15 is 0 Å². The predicted octanol–water partition coefficient (Wildman–Crippen LogP) is 2.77. The number of halogens is 1. The molecule has 6 heteroatoms. The monoisotopic (exact) mass is 264 g/mol. The van der Waals surface area contributed by atoms with Crippen LogP contribution in [0.2, 0.25) is 5.28 Å². The van der Waals surface area contributed by atoms with Crippen molar-refractivity contribution in [2.75, 3.05) is 18.2 Å². The van der Waals surface area contributed by atoms with Gasteiger partial charge in [-0.05, 0) is 36.2 Å². The summed E-state index contributed by atoms with van der Waals surface area (Å²) in [5.74, 6) is 1.16. The van der Waals surface area contributed by atoms with E-state index in [1.165, 1.54) is 6.20 Å². The average molecular weight is 265 g/mol. The van der Waals surface area contributed by atoms with Crippen LogP contribution in [0.25, 0.3) is 0 Å². The van der Waals surface area contributed by atoms with Crippen LogP contribution in [0.4, 0.5) is 17.2 Å². The van der Waals surface area contributed by atoms with E-state index in [0.29, 0.717) is 17.3 Å². The lowest BCUT2D eigenvalue weighted by molar-refractivity contribution is 0.416. The summed E-state index contributed by atoms with van der Waals surface area (Å²) >= 11 is 5.74. The van der Waals surface area contributed by atoms with E-state index in [2.05, 4.69) is 15.3 Å². The van der Waals surface area contributed by atoms with Gasteiger partial charge in [-0.2, -0.15) is 4.98 Å². The summed E-state index contributed by atoms with van der Waals surface area (Å²) in [6.07, 6.45) is 1.46. The van der Waals surface area contributed by atoms with E-state index < -0.39 is 0 Å². The van der Waals surface area contributed by atoms with Gasteiger partial charge in [0.2, 0.25) is 5.28 Å². The Hall–Kier alpha value is -2.01. The molecule has 5 nitrogen and oxygen atoms in total. The highest BCUT2D eigenvalue weighted by Gasteiger charge is 2.08. The molecular weight excluding hydrogens is 252 g/mol. The van der Waals surface area contributed by atoms with Gasteiger partial charge in [-0.25, -0.2) is 4.98 Å². The summed E-state index contributed by atoms with van der Waals surface area (Å²) in [5, 5.41) is 3.23. The van der Waals surface area contributed by atoms with Gasteiger partial charge >= 0.3 is 0 Å². The first-order valence-corrected chi connectivity index (χ1v) is 5.67. The first-order chi connectivity index (χ1) is 8.60. The smallest absolute Gasteiger partial charge is 0.224 e. The highest BCUT2D eigenvalue weighted by atomic mass is 35.5. The molecule has 1 aromatic carbocycles. The second-order valence-corrected chi connectivity index (χ2v) is 4.11. The lowest BCUT2D eigenvalue weighted by atomic mass is 10.2. The summed E-state index contributed by atoms with van der Waals surface area (Å²) < 4.78 is 5.26. The zero-order valence-corrected chi connectivity index (χ0v) is 10.8. The average Bonchev–Trinajstić information content (AvgIpc) is 2.34. The first kappa shape index (κ1) is 12.4. The number of methoxy groups -OCH3 is 1. The summed E-state index contributed by atoms with van der Waals surface area (Å²) in [6.45, 7) is 1.99. The Morgan fingerprint density at radius 3 is 2.89 bits per heavy atom. The van der Waals surface area contributed by atoms with Gasteiger partial charge in [0, 0.05) is 0 Å². The number of nitrogens with two attached hydrogens (primary N) is 1. The van der Waals surface area contributed by atoms with E-state index in [1.807, 2.05) is 25.1 Å². The molecule has 2 rings (SSSR count). The lowest BCUT2D eigenvalue weighted by Crippen LogP contribution is -2.02. The van der Waals surface area contributed by atoms with E-state index in [-0.39, 0.29) is 5.28 Å². The molecular formula is C12H13ClN4O. The minimum absolute atomic E-state index is 0.137. The minimum Gasteiger partial charge on any atom is -0.495 e. The van der Waals surface area contributed by atoms with Crippen molar-refractivity contribution in [3.05, 3.63) is 35.2 Å². The number of hydrogen-bond acceptors (Lipinski definition) is 5. The Balaban J connectivity index is 2.38. The molecule has 1 heterocycles. The Morgan fingerprint density at radius 2 is 2.17 bits per heavy atom. The number of nitrogens with zero attached hydrogens (tertiary/aromatic N) is 2. The van der Waals surface area contributed by atoms with Crippen molar-refractivity contribution in [2.24, 2.45) is 0 Å². The third kappa shape index (κ3) is 2.62. The third-order valence-electron chi connectivity index (χ3n) is 2.40. The number of nitrogens with one attached hydrogen (secondary N) is 1. The number of aryl methyl sites for hydroxylation is 1. The van der Waals surface area contributed by atoms with Gasteiger partial charge < -0.3 is 15.8 Å². The van der Waals surface area contributed by atoms with Crippen molar-refractivity contribution < 1.29 is 4.74 Å². The number of nitrogen functional groups attached to an aromatic ring is 1. The molecule has 0 aliphatic rings. The zero-order chi connectivity index (χ0) is 13.1. The van der Waals surface area contributed by atoms with E-state index in [9.17, 15) is 0 Å². The van der Waals surface area contributed by atoms with Gasteiger partial charge in [-0.3, -0.25) is 0 Å². The van der Waals surface area contributed by atoms with E-state index in [4.69, 9.17) is 22.1 Å². The number of benzene rings is 1. The van der Waals surface area contributed by atoms with Gasteiger partial charge in [0.15, 0.2) is 5.82 Å². The van der Waals surface area contributed by atoms with E-state index in [1.54, 1.807) is 7.11 Å². The fourth-order valence-corrected chi connectivity index (χ4v) is 1.65. The van der Waals surface area contributed by atoms with Crippen LogP contribution in [0.5, 0.6) is 5.75 Å². The Labute approximate surface area is 110 Å². The molecule has 0 aliphatic heterocycles. The van der Waals surface area contributed by atoms with Crippen LogP contribution in [0.15, 0.2) is 24.4 Å². The lowest BCUT2D eigenvalue weighted by Gasteiger charge is -2.12. The molecule has 0 radical (unpaired) electrons. The van der Waals surface area contributed by atoms with Crippen molar-refractivity contribution in [1.82, 2.24) is 9.97 Å². The van der Waals surface area contributed by atoms with Crippen molar-refractivity contribution in [1.29, 1.82) is 0 Å². The standard InChI is InChI=1S/C12H13ClN4O/c1-7-3-4-10(18-2)9(5-7)16-11-8(14)6-15-12(13)17-11/h3-6H,14H2,1-2H3,(H,15,16,17). The molecule has 0 fully saturated rings. The quantitative estimate of drug-likeness (QED) is 0.834. The molecule has 0 saturated heterocycles. The molecule has 0 atom stereocenters. The molecule has 0 amide bonds. The normalized spacial score (nSPS) is 10.2. The highest BCUT2D eigenvalue weighted by Crippen LogP contribution is 2.29. The van der Waals surface area contributed by atoms with Gasteiger partial charge in [0.05, 0.1) is 24.7 Å². The van der Waals surface area contributed by atoms with Crippen LogP contribution in [-0.2, 0) is 0 Å². The molecule has 94 valence electrons. The number of ether oxygens (including phenoxy) is 1. The maximum absolute atomic E-state index is 5.78. The fourth-order valence-electron chi connectivity index (χ4n) is 1.52. The largest absolute Gasteiger partial charge is 0.495 e.